The van der Waals surface area contributed by atoms with Gasteiger partial charge in [0.1, 0.15) is 10.9 Å². The van der Waals surface area contributed by atoms with E-state index in [1.165, 1.54) is 11.8 Å². The molecule has 5 aromatic carbocycles. The van der Waals surface area contributed by atoms with Gasteiger partial charge in [0.05, 0.1) is 12.2 Å². The molecule has 270 valence electrons. The van der Waals surface area contributed by atoms with Crippen molar-refractivity contribution in [1.82, 2.24) is 5.32 Å². The van der Waals surface area contributed by atoms with E-state index in [9.17, 15) is 19.2 Å². The van der Waals surface area contributed by atoms with Crippen molar-refractivity contribution in [2.75, 3.05) is 17.2 Å². The van der Waals surface area contributed by atoms with Crippen LogP contribution in [-0.4, -0.2) is 30.3 Å². The largest absolute Gasteiger partial charge is 0.462 e. The van der Waals surface area contributed by atoms with Gasteiger partial charge in [-0.2, -0.15) is 0 Å². The van der Waals surface area contributed by atoms with Crippen molar-refractivity contribution in [3.8, 4) is 0 Å². The molecule has 53 heavy (non-hydrogen) atoms. The number of hydrogen-bond donors (Lipinski definition) is 3. The number of anilines is 2. The molecule has 0 spiro atoms. The number of thioether (sulfide) groups is 1. The third kappa shape index (κ3) is 11.3. The van der Waals surface area contributed by atoms with E-state index in [1.54, 1.807) is 72.8 Å². The average molecular weight is 726 g/mol. The molecule has 0 radical (unpaired) electrons. The summed E-state index contributed by atoms with van der Waals surface area (Å²) in [5, 5.41) is 8.05. The molecule has 0 bridgehead atoms. The van der Waals surface area contributed by atoms with Crippen molar-refractivity contribution < 1.29 is 23.9 Å². The van der Waals surface area contributed by atoms with Gasteiger partial charge in [-0.15, -0.1) is 11.8 Å². The molecule has 0 aromatic heterocycles. The number of esters is 1. The van der Waals surface area contributed by atoms with Gasteiger partial charge in [0, 0.05) is 21.8 Å². The monoisotopic (exact) mass is 725 g/mol. The van der Waals surface area contributed by atoms with Crippen molar-refractivity contribution >= 4 is 52.9 Å². The molecule has 8 nitrogen and oxygen atoms in total. The highest BCUT2D eigenvalue weighted by Crippen LogP contribution is 2.37. The molecule has 0 saturated heterocycles. The Kier molecular flexibility index (Phi) is 13.8. The zero-order valence-electron chi connectivity index (χ0n) is 30.0. The second-order valence-electron chi connectivity index (χ2n) is 12.6. The zero-order valence-corrected chi connectivity index (χ0v) is 30.8. The Morgan fingerprint density at radius 1 is 0.698 bits per heavy atom. The molecule has 3 amide bonds. The standard InChI is InChI=1S/C44H43N3O5S/c1-4-5-27-52-44(51)35-23-25-36(26-24-35)45-43(50)40(33-13-8-6-9-14-33)53-38-18-12-17-37(29-38)46-42(49)39(47-41(48)34-15-10-7-11-16-34)28-31-19-21-32(22-20-31)30(2)3/h6-26,28-30,40H,4-5,27H2,1-3H3,(H,45,50)(H,46,49)(H,47,48)/b39-28+. The summed E-state index contributed by atoms with van der Waals surface area (Å²) >= 11 is 1.33. The summed E-state index contributed by atoms with van der Waals surface area (Å²) in [4.78, 5) is 53.8. The summed E-state index contributed by atoms with van der Waals surface area (Å²) < 4.78 is 5.29. The lowest BCUT2D eigenvalue weighted by Gasteiger charge is -2.18. The maximum atomic E-state index is 13.8. The van der Waals surface area contributed by atoms with Gasteiger partial charge in [-0.25, -0.2) is 4.79 Å². The highest BCUT2D eigenvalue weighted by atomic mass is 32.2. The van der Waals surface area contributed by atoms with E-state index in [4.69, 9.17) is 4.74 Å². The van der Waals surface area contributed by atoms with E-state index >= 15 is 0 Å². The predicted molar refractivity (Wildman–Crippen MR) is 213 cm³/mol. The van der Waals surface area contributed by atoms with E-state index in [0.717, 1.165) is 34.4 Å². The number of ether oxygens (including phenoxy) is 1. The number of carbonyl (C=O) groups is 4. The van der Waals surface area contributed by atoms with Crippen LogP contribution in [0.3, 0.4) is 0 Å². The number of carbonyl (C=O) groups excluding carboxylic acids is 4. The predicted octanol–water partition coefficient (Wildman–Crippen LogP) is 9.65. The third-order valence-corrected chi connectivity index (χ3v) is 9.50. The number of rotatable bonds is 15. The molecule has 9 heteroatoms. The normalized spacial score (nSPS) is 11.7. The lowest BCUT2D eigenvalue weighted by molar-refractivity contribution is -0.116. The van der Waals surface area contributed by atoms with Gasteiger partial charge in [0.25, 0.3) is 11.8 Å². The van der Waals surface area contributed by atoms with Gasteiger partial charge >= 0.3 is 5.97 Å². The first kappa shape index (κ1) is 38.3. The van der Waals surface area contributed by atoms with Crippen LogP contribution in [0.2, 0.25) is 0 Å². The molecule has 1 atom stereocenters. The minimum Gasteiger partial charge on any atom is -0.462 e. The molecule has 0 heterocycles. The van der Waals surface area contributed by atoms with Crippen LogP contribution in [0.15, 0.2) is 144 Å². The van der Waals surface area contributed by atoms with Crippen LogP contribution in [0, 0.1) is 0 Å². The number of benzene rings is 5. The van der Waals surface area contributed by atoms with E-state index in [0.29, 0.717) is 35.0 Å². The Morgan fingerprint density at radius 3 is 2.04 bits per heavy atom. The summed E-state index contributed by atoms with van der Waals surface area (Å²) in [5.74, 6) is -1.22. The third-order valence-electron chi connectivity index (χ3n) is 8.25. The maximum Gasteiger partial charge on any atom is 0.338 e. The summed E-state index contributed by atoms with van der Waals surface area (Å²) in [6.07, 6.45) is 3.38. The SMILES string of the molecule is CCCCOC(=O)c1ccc(NC(=O)C(Sc2cccc(NC(=O)/C(=C\c3ccc(C(C)C)cc3)NC(=O)c3ccccc3)c2)c2ccccc2)cc1. The molecule has 0 fully saturated rings. The average Bonchev–Trinajstić information content (AvgIpc) is 3.18. The molecule has 0 aliphatic carbocycles. The molecule has 3 N–H and O–H groups in total. The molecule has 0 saturated carbocycles. The highest BCUT2D eigenvalue weighted by Gasteiger charge is 2.23. The summed E-state index contributed by atoms with van der Waals surface area (Å²) in [7, 11) is 0. The van der Waals surface area contributed by atoms with E-state index in [2.05, 4.69) is 29.8 Å². The fraction of sp³-hybridized carbons (Fsp3) is 0.182. The minimum absolute atomic E-state index is 0.0796. The Balaban J connectivity index is 1.33. The van der Waals surface area contributed by atoms with Gasteiger partial charge in [0.2, 0.25) is 5.91 Å². The zero-order chi connectivity index (χ0) is 37.6. The Labute approximate surface area is 315 Å². The van der Waals surface area contributed by atoms with Gasteiger partial charge in [0.15, 0.2) is 0 Å². The Bertz CT molecular complexity index is 2030. The molecule has 5 aromatic rings. The minimum atomic E-state index is -0.643. The Hall–Kier alpha value is -5.93. The van der Waals surface area contributed by atoms with Crippen molar-refractivity contribution in [3.63, 3.8) is 0 Å². The van der Waals surface area contributed by atoms with Crippen LogP contribution < -0.4 is 16.0 Å². The van der Waals surface area contributed by atoms with Crippen LogP contribution in [0.1, 0.15) is 82.2 Å². The van der Waals surface area contributed by atoms with Crippen LogP contribution in [-0.2, 0) is 14.3 Å². The second kappa shape index (κ2) is 19.1. The highest BCUT2D eigenvalue weighted by molar-refractivity contribution is 8.00. The fourth-order valence-corrected chi connectivity index (χ4v) is 6.34. The lowest BCUT2D eigenvalue weighted by atomic mass is 10.0. The molecule has 0 aliphatic heterocycles. The Morgan fingerprint density at radius 2 is 1.38 bits per heavy atom. The van der Waals surface area contributed by atoms with E-state index in [-0.39, 0.29) is 11.6 Å². The fourth-order valence-electron chi connectivity index (χ4n) is 5.26. The first-order valence-corrected chi connectivity index (χ1v) is 18.5. The molecular weight excluding hydrogens is 683 g/mol. The first-order valence-electron chi connectivity index (χ1n) is 17.6. The van der Waals surface area contributed by atoms with Gasteiger partial charge < -0.3 is 20.7 Å². The van der Waals surface area contributed by atoms with Crippen molar-refractivity contribution in [2.45, 2.75) is 49.7 Å². The van der Waals surface area contributed by atoms with Crippen LogP contribution in [0.25, 0.3) is 6.08 Å². The summed E-state index contributed by atoms with van der Waals surface area (Å²) in [6.45, 7) is 6.61. The smallest absolute Gasteiger partial charge is 0.338 e. The van der Waals surface area contributed by atoms with Crippen molar-refractivity contribution in [3.05, 3.63) is 167 Å². The maximum absolute atomic E-state index is 13.8. The topological polar surface area (TPSA) is 114 Å². The van der Waals surface area contributed by atoms with Crippen LogP contribution in [0.4, 0.5) is 11.4 Å². The number of unbranched alkanes of at least 4 members (excludes halogenated alkanes) is 1. The summed E-state index contributed by atoms with van der Waals surface area (Å²) in [5.41, 5.74) is 4.65. The van der Waals surface area contributed by atoms with Crippen molar-refractivity contribution in [1.29, 1.82) is 0 Å². The summed E-state index contributed by atoms with van der Waals surface area (Å²) in [6, 6.07) is 39.8. The number of hydrogen-bond acceptors (Lipinski definition) is 6. The van der Waals surface area contributed by atoms with Gasteiger partial charge in [-0.1, -0.05) is 106 Å². The van der Waals surface area contributed by atoms with Crippen molar-refractivity contribution in [2.24, 2.45) is 0 Å². The molecule has 0 aliphatic rings. The molecule has 1 unspecified atom stereocenters. The number of nitrogens with one attached hydrogen (secondary N) is 3. The molecule has 5 rings (SSSR count). The van der Waals surface area contributed by atoms with E-state index in [1.807, 2.05) is 73.7 Å². The van der Waals surface area contributed by atoms with E-state index < -0.39 is 23.0 Å². The van der Waals surface area contributed by atoms with Gasteiger partial charge in [-0.3, -0.25) is 14.4 Å². The van der Waals surface area contributed by atoms with Gasteiger partial charge in [-0.05, 0) is 89.7 Å². The van der Waals surface area contributed by atoms with Crippen LogP contribution >= 0.6 is 11.8 Å². The van der Waals surface area contributed by atoms with Crippen LogP contribution in [0.5, 0.6) is 0 Å². The second-order valence-corrected chi connectivity index (χ2v) is 13.8. The first-order chi connectivity index (χ1) is 25.7. The molecular formula is C44H43N3O5S. The quantitative estimate of drug-likeness (QED) is 0.0429. The lowest BCUT2D eigenvalue weighted by Crippen LogP contribution is -2.30. The number of amides is 3.